The number of Topliss-reactive ketones (excluding diaryl/α,β-unsaturated/α-hetero) is 1. The first-order valence-electron chi connectivity index (χ1n) is 10.6. The van der Waals surface area contributed by atoms with E-state index in [4.69, 9.17) is 0 Å². The number of aromatic nitrogens is 3. The summed E-state index contributed by atoms with van der Waals surface area (Å²) in [5.41, 5.74) is 3.95. The van der Waals surface area contributed by atoms with E-state index in [-0.39, 0.29) is 24.1 Å². The van der Waals surface area contributed by atoms with Crippen molar-refractivity contribution in [2.75, 3.05) is 32.7 Å². The fraction of sp³-hybridized carbons (Fsp3) is 0.333. The van der Waals surface area contributed by atoms with Gasteiger partial charge in [-0.15, -0.1) is 0 Å². The maximum absolute atomic E-state index is 14.1. The maximum atomic E-state index is 14.1. The van der Waals surface area contributed by atoms with Crippen LogP contribution in [0.25, 0.3) is 5.69 Å². The highest BCUT2D eigenvalue weighted by molar-refractivity contribution is 5.99. The number of nitrogens with zero attached hydrogens (tertiary/aromatic N) is 5. The standard InChI is InChI=1S/C24H26FN5O2/c1-16-4-5-19(13-21(16)25)30-17(2)12-20(18(30)3)23(31)15-28-8-10-29(11-9-28)24(32)22-14-26-6-7-27-22/h4-7,12-14H,8-11,15H2,1-3H3. The summed E-state index contributed by atoms with van der Waals surface area (Å²) < 4.78 is 16.0. The second-order valence-corrected chi connectivity index (χ2v) is 8.14. The zero-order chi connectivity index (χ0) is 22.8. The lowest BCUT2D eigenvalue weighted by molar-refractivity contribution is 0.0618. The number of benzene rings is 1. The molecule has 1 amide bonds. The van der Waals surface area contributed by atoms with Crippen molar-refractivity contribution in [1.82, 2.24) is 24.3 Å². The fourth-order valence-electron chi connectivity index (χ4n) is 4.13. The van der Waals surface area contributed by atoms with E-state index in [0.29, 0.717) is 48.7 Å². The van der Waals surface area contributed by atoms with Crippen molar-refractivity contribution in [2.24, 2.45) is 0 Å². The van der Waals surface area contributed by atoms with Crippen LogP contribution in [0.1, 0.15) is 37.8 Å². The highest BCUT2D eigenvalue weighted by Crippen LogP contribution is 2.23. The maximum Gasteiger partial charge on any atom is 0.274 e. The van der Waals surface area contributed by atoms with Gasteiger partial charge in [-0.05, 0) is 44.5 Å². The fourth-order valence-corrected chi connectivity index (χ4v) is 4.13. The van der Waals surface area contributed by atoms with E-state index >= 15 is 0 Å². The molecule has 0 unspecified atom stereocenters. The van der Waals surface area contributed by atoms with Crippen LogP contribution < -0.4 is 0 Å². The van der Waals surface area contributed by atoms with E-state index in [9.17, 15) is 14.0 Å². The lowest BCUT2D eigenvalue weighted by Crippen LogP contribution is -2.50. The number of carbonyl (C=O) groups excluding carboxylic acids is 2. The van der Waals surface area contributed by atoms with Crippen LogP contribution in [0.15, 0.2) is 42.9 Å². The van der Waals surface area contributed by atoms with Gasteiger partial charge in [0.2, 0.25) is 0 Å². The van der Waals surface area contributed by atoms with Gasteiger partial charge in [0.1, 0.15) is 11.5 Å². The van der Waals surface area contributed by atoms with Crippen molar-refractivity contribution in [3.8, 4) is 5.69 Å². The van der Waals surface area contributed by atoms with Gasteiger partial charge < -0.3 is 9.47 Å². The van der Waals surface area contributed by atoms with E-state index in [2.05, 4.69) is 14.9 Å². The Morgan fingerprint density at radius 1 is 1.03 bits per heavy atom. The molecule has 32 heavy (non-hydrogen) atoms. The normalized spacial score (nSPS) is 14.6. The first kappa shape index (κ1) is 21.8. The van der Waals surface area contributed by atoms with Gasteiger partial charge in [-0.25, -0.2) is 9.37 Å². The summed E-state index contributed by atoms with van der Waals surface area (Å²) in [5, 5.41) is 0. The molecule has 1 aromatic carbocycles. The van der Waals surface area contributed by atoms with Crippen molar-refractivity contribution in [1.29, 1.82) is 0 Å². The van der Waals surface area contributed by atoms with Crippen LogP contribution in [-0.2, 0) is 0 Å². The summed E-state index contributed by atoms with van der Waals surface area (Å²) in [5.74, 6) is -0.389. The van der Waals surface area contributed by atoms with Crippen molar-refractivity contribution >= 4 is 11.7 Å². The lowest BCUT2D eigenvalue weighted by atomic mass is 10.1. The van der Waals surface area contributed by atoms with Gasteiger partial charge in [0.05, 0.1) is 12.7 Å². The predicted molar refractivity (Wildman–Crippen MR) is 119 cm³/mol. The SMILES string of the molecule is Cc1ccc(-n2c(C)cc(C(=O)CN3CCN(C(=O)c4cnccn4)CC3)c2C)cc1F. The quantitative estimate of drug-likeness (QED) is 0.577. The minimum atomic E-state index is -0.267. The zero-order valence-electron chi connectivity index (χ0n) is 18.5. The Bertz CT molecular complexity index is 1150. The lowest BCUT2D eigenvalue weighted by Gasteiger charge is -2.34. The van der Waals surface area contributed by atoms with E-state index in [1.807, 2.05) is 30.5 Å². The van der Waals surface area contributed by atoms with Gasteiger partial charge in [-0.2, -0.15) is 0 Å². The Labute approximate surface area is 186 Å². The summed E-state index contributed by atoms with van der Waals surface area (Å²) in [4.78, 5) is 37.4. The Kier molecular flexibility index (Phi) is 6.14. The molecular weight excluding hydrogens is 409 g/mol. The number of piperazine rings is 1. The number of amides is 1. The number of halogens is 1. The van der Waals surface area contributed by atoms with E-state index in [1.54, 1.807) is 17.9 Å². The second-order valence-electron chi connectivity index (χ2n) is 8.14. The smallest absolute Gasteiger partial charge is 0.274 e. The third-order valence-corrected chi connectivity index (χ3v) is 5.95. The molecule has 0 bridgehead atoms. The van der Waals surface area contributed by atoms with Gasteiger partial charge in [0.15, 0.2) is 5.78 Å². The molecule has 166 valence electrons. The number of ketones is 1. The zero-order valence-corrected chi connectivity index (χ0v) is 18.5. The second kappa shape index (κ2) is 9.00. The molecule has 0 radical (unpaired) electrons. The van der Waals surface area contributed by atoms with E-state index in [0.717, 1.165) is 11.4 Å². The highest BCUT2D eigenvalue weighted by Gasteiger charge is 2.25. The number of carbonyl (C=O) groups is 2. The monoisotopic (exact) mass is 435 g/mol. The molecule has 3 heterocycles. The van der Waals surface area contributed by atoms with Crippen LogP contribution >= 0.6 is 0 Å². The summed E-state index contributed by atoms with van der Waals surface area (Å²) >= 11 is 0. The van der Waals surface area contributed by atoms with Crippen LogP contribution in [0.5, 0.6) is 0 Å². The molecule has 1 fully saturated rings. The molecule has 2 aromatic heterocycles. The minimum Gasteiger partial charge on any atom is -0.335 e. The molecule has 1 aliphatic heterocycles. The number of hydrogen-bond donors (Lipinski definition) is 0. The van der Waals surface area contributed by atoms with Crippen LogP contribution in [0.2, 0.25) is 0 Å². The summed E-state index contributed by atoms with van der Waals surface area (Å²) in [6, 6.07) is 6.97. The molecule has 1 saturated heterocycles. The van der Waals surface area contributed by atoms with Gasteiger partial charge in [-0.3, -0.25) is 19.5 Å². The van der Waals surface area contributed by atoms with Gasteiger partial charge in [-0.1, -0.05) is 6.07 Å². The van der Waals surface area contributed by atoms with Crippen LogP contribution in [0.4, 0.5) is 4.39 Å². The van der Waals surface area contributed by atoms with Gasteiger partial charge in [0.25, 0.3) is 5.91 Å². The molecule has 0 aliphatic carbocycles. The molecule has 0 spiro atoms. The first-order valence-corrected chi connectivity index (χ1v) is 10.6. The molecule has 8 heteroatoms. The largest absolute Gasteiger partial charge is 0.335 e. The van der Waals surface area contributed by atoms with Crippen LogP contribution in [0, 0.1) is 26.6 Å². The Balaban J connectivity index is 1.42. The summed E-state index contributed by atoms with van der Waals surface area (Å²) in [6.07, 6.45) is 4.50. The van der Waals surface area contributed by atoms with E-state index in [1.165, 1.54) is 24.7 Å². The predicted octanol–water partition coefficient (Wildman–Crippen LogP) is 2.97. The van der Waals surface area contributed by atoms with Crippen molar-refractivity contribution < 1.29 is 14.0 Å². The van der Waals surface area contributed by atoms with Gasteiger partial charge >= 0.3 is 0 Å². The van der Waals surface area contributed by atoms with E-state index < -0.39 is 0 Å². The Hall–Kier alpha value is -3.39. The molecule has 0 saturated carbocycles. The Morgan fingerprint density at radius 2 is 1.78 bits per heavy atom. The molecule has 0 N–H and O–H groups in total. The average Bonchev–Trinajstić information content (AvgIpc) is 3.10. The van der Waals surface area contributed by atoms with Crippen molar-refractivity contribution in [3.05, 3.63) is 76.9 Å². The summed E-state index contributed by atoms with van der Waals surface area (Å²) in [7, 11) is 0. The minimum absolute atomic E-state index is 0.0191. The third-order valence-electron chi connectivity index (χ3n) is 5.95. The topological polar surface area (TPSA) is 71.3 Å². The number of aryl methyl sites for hydroxylation is 2. The molecule has 3 aromatic rings. The summed E-state index contributed by atoms with van der Waals surface area (Å²) in [6.45, 7) is 8.09. The molecule has 7 nitrogen and oxygen atoms in total. The van der Waals surface area contributed by atoms with Crippen molar-refractivity contribution in [2.45, 2.75) is 20.8 Å². The first-order chi connectivity index (χ1) is 15.3. The number of hydrogen-bond acceptors (Lipinski definition) is 5. The molecule has 0 atom stereocenters. The van der Waals surface area contributed by atoms with Crippen LogP contribution in [0.3, 0.4) is 0 Å². The molecular formula is C24H26FN5O2. The Morgan fingerprint density at radius 3 is 2.44 bits per heavy atom. The van der Waals surface area contributed by atoms with Crippen molar-refractivity contribution in [3.63, 3.8) is 0 Å². The highest BCUT2D eigenvalue weighted by atomic mass is 19.1. The van der Waals surface area contributed by atoms with Gasteiger partial charge in [0, 0.05) is 61.2 Å². The number of rotatable bonds is 5. The molecule has 4 rings (SSSR count). The van der Waals surface area contributed by atoms with Crippen LogP contribution in [-0.4, -0.2) is 68.7 Å². The third kappa shape index (κ3) is 4.31. The molecule has 1 aliphatic rings. The average molecular weight is 436 g/mol.